The van der Waals surface area contributed by atoms with E-state index in [1.807, 2.05) is 0 Å². The lowest BCUT2D eigenvalue weighted by molar-refractivity contribution is 0.0697. The molecule has 1 fully saturated rings. The van der Waals surface area contributed by atoms with Gasteiger partial charge < -0.3 is 4.90 Å². The topological polar surface area (TPSA) is 100 Å². The van der Waals surface area contributed by atoms with E-state index < -0.39 is 10.2 Å². The van der Waals surface area contributed by atoms with Crippen LogP contribution in [0, 0.1) is 0 Å². The van der Waals surface area contributed by atoms with Crippen LogP contribution in [0.25, 0.3) is 11.0 Å². The second kappa shape index (κ2) is 5.87. The van der Waals surface area contributed by atoms with E-state index in [-0.39, 0.29) is 19.0 Å². The Kier molecular flexibility index (Phi) is 4.04. The molecule has 1 N–H and O–H groups in total. The molecule has 0 bridgehead atoms. The summed E-state index contributed by atoms with van der Waals surface area (Å²) in [6.07, 6.45) is 0. The van der Waals surface area contributed by atoms with E-state index in [9.17, 15) is 13.2 Å². The van der Waals surface area contributed by atoms with Gasteiger partial charge in [-0.05, 0) is 18.2 Å². The van der Waals surface area contributed by atoms with Crippen molar-refractivity contribution in [3.05, 3.63) is 23.8 Å². The number of aryl methyl sites for hydroxylation is 1. The van der Waals surface area contributed by atoms with E-state index in [1.165, 1.54) is 11.4 Å². The summed E-state index contributed by atoms with van der Waals surface area (Å²) < 4.78 is 28.7. The van der Waals surface area contributed by atoms with Gasteiger partial charge in [0.05, 0.1) is 5.52 Å². The van der Waals surface area contributed by atoms with E-state index in [4.69, 9.17) is 0 Å². The molecule has 0 spiro atoms. The molecule has 1 aromatic carbocycles. The third kappa shape index (κ3) is 2.92. The van der Waals surface area contributed by atoms with E-state index in [2.05, 4.69) is 15.0 Å². The first-order chi connectivity index (χ1) is 10.9. The second-order valence-corrected chi connectivity index (χ2v) is 7.19. The Balaban J connectivity index is 1.75. The van der Waals surface area contributed by atoms with Crippen molar-refractivity contribution in [1.29, 1.82) is 0 Å². The fraction of sp³-hybridized carbons (Fsp3) is 0.462. The maximum absolute atomic E-state index is 12.6. The summed E-state index contributed by atoms with van der Waals surface area (Å²) in [5.74, 6) is -0.116. The zero-order chi connectivity index (χ0) is 16.6. The molecule has 1 saturated heterocycles. The van der Waals surface area contributed by atoms with Crippen molar-refractivity contribution in [2.45, 2.75) is 0 Å². The Bertz CT molecular complexity index is 839. The molecular formula is C13H18N6O3S. The molecule has 10 heteroatoms. The lowest BCUT2D eigenvalue weighted by atomic mass is 10.1. The Morgan fingerprint density at radius 2 is 1.91 bits per heavy atom. The highest BCUT2D eigenvalue weighted by atomic mass is 32.2. The summed E-state index contributed by atoms with van der Waals surface area (Å²) >= 11 is 0. The molecule has 3 rings (SSSR count). The zero-order valence-electron chi connectivity index (χ0n) is 12.9. The van der Waals surface area contributed by atoms with Crippen molar-refractivity contribution in [2.24, 2.45) is 7.05 Å². The van der Waals surface area contributed by atoms with Crippen LogP contribution in [0.4, 0.5) is 0 Å². The van der Waals surface area contributed by atoms with Gasteiger partial charge in [-0.25, -0.2) is 9.40 Å². The van der Waals surface area contributed by atoms with Crippen LogP contribution in [-0.2, 0) is 17.3 Å². The molecule has 124 valence electrons. The molecular weight excluding hydrogens is 320 g/mol. The standard InChI is InChI=1S/C13H18N6O3S/c1-14-23(21,22)19-7-5-18(6-8-19)13(20)10-3-4-11-12(9-10)17(2)16-15-11/h3-4,9,14H,5-8H2,1-2H3. The van der Waals surface area contributed by atoms with Crippen LogP contribution < -0.4 is 4.72 Å². The zero-order valence-corrected chi connectivity index (χ0v) is 13.7. The molecule has 2 aromatic rings. The molecule has 0 saturated carbocycles. The number of benzene rings is 1. The number of hydrogen-bond acceptors (Lipinski definition) is 5. The van der Waals surface area contributed by atoms with Gasteiger partial charge in [-0.1, -0.05) is 5.21 Å². The minimum Gasteiger partial charge on any atom is -0.336 e. The van der Waals surface area contributed by atoms with Crippen molar-refractivity contribution in [3.63, 3.8) is 0 Å². The first kappa shape index (κ1) is 15.8. The number of nitrogens with one attached hydrogen (secondary N) is 1. The highest BCUT2D eigenvalue weighted by Crippen LogP contribution is 2.16. The summed E-state index contributed by atoms with van der Waals surface area (Å²) in [4.78, 5) is 14.3. The summed E-state index contributed by atoms with van der Waals surface area (Å²) in [5.41, 5.74) is 2.06. The van der Waals surface area contributed by atoms with E-state index in [0.29, 0.717) is 18.7 Å². The summed E-state index contributed by atoms with van der Waals surface area (Å²) in [6.45, 7) is 1.29. The van der Waals surface area contributed by atoms with Crippen LogP contribution in [0.2, 0.25) is 0 Å². The maximum atomic E-state index is 12.6. The van der Waals surface area contributed by atoms with Crippen LogP contribution >= 0.6 is 0 Å². The Hall–Kier alpha value is -2.04. The van der Waals surface area contributed by atoms with E-state index >= 15 is 0 Å². The molecule has 0 atom stereocenters. The minimum absolute atomic E-state index is 0.116. The third-order valence-corrected chi connectivity index (χ3v) is 5.54. The molecule has 0 unspecified atom stereocenters. The third-order valence-electron chi connectivity index (χ3n) is 3.98. The number of aromatic nitrogens is 3. The van der Waals surface area contributed by atoms with Gasteiger partial charge in [-0.15, -0.1) is 5.10 Å². The van der Waals surface area contributed by atoms with Crippen LogP contribution in [0.15, 0.2) is 18.2 Å². The summed E-state index contributed by atoms with van der Waals surface area (Å²) in [7, 11) is -0.289. The number of amides is 1. The predicted molar refractivity (Wildman–Crippen MR) is 84.0 cm³/mol. The fourth-order valence-electron chi connectivity index (χ4n) is 2.61. The van der Waals surface area contributed by atoms with Crippen LogP contribution in [0.1, 0.15) is 10.4 Å². The summed E-state index contributed by atoms with van der Waals surface area (Å²) in [6, 6.07) is 5.24. The first-order valence-electron chi connectivity index (χ1n) is 7.20. The largest absolute Gasteiger partial charge is 0.336 e. The average molecular weight is 338 g/mol. The lowest BCUT2D eigenvalue weighted by Gasteiger charge is -2.33. The summed E-state index contributed by atoms with van der Waals surface area (Å²) in [5, 5.41) is 7.90. The molecule has 1 amide bonds. The average Bonchev–Trinajstić information content (AvgIpc) is 2.95. The fourth-order valence-corrected chi connectivity index (χ4v) is 3.51. The van der Waals surface area contributed by atoms with Crippen molar-refractivity contribution in [3.8, 4) is 0 Å². The van der Waals surface area contributed by atoms with Gasteiger partial charge >= 0.3 is 0 Å². The SMILES string of the molecule is CNS(=O)(=O)N1CCN(C(=O)c2ccc3nnn(C)c3c2)CC1. The monoisotopic (exact) mass is 338 g/mol. The number of piperazine rings is 1. The van der Waals surface area contributed by atoms with E-state index in [1.54, 1.807) is 34.8 Å². The Labute approximate surface area is 134 Å². The normalized spacial score (nSPS) is 16.9. The van der Waals surface area contributed by atoms with Gasteiger partial charge in [0.25, 0.3) is 16.1 Å². The molecule has 0 radical (unpaired) electrons. The molecule has 2 heterocycles. The van der Waals surface area contributed by atoms with E-state index in [0.717, 1.165) is 11.0 Å². The van der Waals surface area contributed by atoms with Crippen molar-refractivity contribution in [2.75, 3.05) is 33.2 Å². The molecule has 23 heavy (non-hydrogen) atoms. The number of nitrogens with zero attached hydrogens (tertiary/aromatic N) is 5. The highest BCUT2D eigenvalue weighted by Gasteiger charge is 2.28. The number of carbonyl (C=O) groups excluding carboxylic acids is 1. The quantitative estimate of drug-likeness (QED) is 0.789. The molecule has 1 aromatic heterocycles. The molecule has 1 aliphatic heterocycles. The smallest absolute Gasteiger partial charge is 0.279 e. The van der Waals surface area contributed by atoms with Gasteiger partial charge in [-0.3, -0.25) is 4.79 Å². The highest BCUT2D eigenvalue weighted by molar-refractivity contribution is 7.87. The Morgan fingerprint density at radius 1 is 1.22 bits per heavy atom. The molecule has 9 nitrogen and oxygen atoms in total. The van der Waals surface area contributed by atoms with Gasteiger partial charge in [0.2, 0.25) is 0 Å². The molecule has 0 aliphatic carbocycles. The predicted octanol–water partition coefficient (Wildman–Crippen LogP) is -0.810. The van der Waals surface area contributed by atoms with Gasteiger partial charge in [0, 0.05) is 45.8 Å². The van der Waals surface area contributed by atoms with Gasteiger partial charge in [-0.2, -0.15) is 12.7 Å². The van der Waals surface area contributed by atoms with Crippen molar-refractivity contribution < 1.29 is 13.2 Å². The number of carbonyl (C=O) groups is 1. The van der Waals surface area contributed by atoms with Crippen LogP contribution in [-0.4, -0.2) is 71.8 Å². The number of rotatable bonds is 3. The van der Waals surface area contributed by atoms with Crippen LogP contribution in [0.5, 0.6) is 0 Å². The Morgan fingerprint density at radius 3 is 2.57 bits per heavy atom. The number of fused-ring (bicyclic) bond motifs is 1. The first-order valence-corrected chi connectivity index (χ1v) is 8.64. The van der Waals surface area contributed by atoms with Crippen molar-refractivity contribution >= 4 is 27.1 Å². The van der Waals surface area contributed by atoms with Gasteiger partial charge in [0.1, 0.15) is 5.52 Å². The number of hydrogen-bond donors (Lipinski definition) is 1. The van der Waals surface area contributed by atoms with Crippen molar-refractivity contribution in [1.82, 2.24) is 28.9 Å². The minimum atomic E-state index is -3.44. The van der Waals surface area contributed by atoms with Gasteiger partial charge in [0.15, 0.2) is 0 Å². The lowest BCUT2D eigenvalue weighted by Crippen LogP contribution is -2.52. The maximum Gasteiger partial charge on any atom is 0.279 e. The second-order valence-electron chi connectivity index (χ2n) is 5.32. The van der Waals surface area contributed by atoms with Crippen LogP contribution in [0.3, 0.4) is 0 Å². The molecule has 1 aliphatic rings.